The van der Waals surface area contributed by atoms with Crippen molar-refractivity contribution in [3.8, 4) is 0 Å². The van der Waals surface area contributed by atoms with Crippen LogP contribution in [0, 0.1) is 5.92 Å². The quantitative estimate of drug-likeness (QED) is 0.206. The van der Waals surface area contributed by atoms with Gasteiger partial charge in [-0.3, -0.25) is 4.79 Å². The summed E-state index contributed by atoms with van der Waals surface area (Å²) < 4.78 is 4.40. The number of carbonyl (C=O) groups excluding carboxylic acids is 3. The molecule has 84 valence electrons. The number of hydrogen-bond acceptors (Lipinski definition) is 4. The molecule has 4 nitrogen and oxygen atoms in total. The molecule has 0 saturated carbocycles. The number of esters is 1. The van der Waals surface area contributed by atoms with Crippen molar-refractivity contribution < 1.29 is 48.7 Å². The zero-order chi connectivity index (χ0) is 12.1. The van der Waals surface area contributed by atoms with Gasteiger partial charge in [-0.2, -0.15) is 0 Å². The van der Waals surface area contributed by atoms with Crippen LogP contribution in [-0.2, 0) is 14.3 Å². The third-order valence-corrected chi connectivity index (χ3v) is 2.00. The Balaban J connectivity index is 0.00000256. The van der Waals surface area contributed by atoms with Crippen LogP contribution in [0.25, 0.3) is 0 Å². The first-order valence-corrected chi connectivity index (χ1v) is 4.64. The van der Waals surface area contributed by atoms with Gasteiger partial charge in [0, 0.05) is 5.78 Å². The Morgan fingerprint density at radius 3 is 2.06 bits per heavy atom. The monoisotopic (exact) mass is 242 g/mol. The van der Waals surface area contributed by atoms with E-state index in [1.807, 2.05) is 0 Å². The van der Waals surface area contributed by atoms with Gasteiger partial charge in [0.15, 0.2) is 0 Å². The summed E-state index contributed by atoms with van der Waals surface area (Å²) in [5.41, 5.74) is 0.290. The summed E-state index contributed by atoms with van der Waals surface area (Å²) in [6.07, 6.45) is 0. The van der Waals surface area contributed by atoms with Crippen LogP contribution in [0.2, 0.25) is 0 Å². The summed E-state index contributed by atoms with van der Waals surface area (Å²) in [7, 11) is 1.13. The third-order valence-electron chi connectivity index (χ3n) is 2.00. The largest absolute Gasteiger partial charge is 1.00 e. The zero-order valence-corrected chi connectivity index (χ0v) is 12.0. The van der Waals surface area contributed by atoms with E-state index >= 15 is 0 Å². The Morgan fingerprint density at radius 1 is 1.12 bits per heavy atom. The number of ether oxygens (including phenoxy) is 1. The van der Waals surface area contributed by atoms with E-state index in [2.05, 4.69) is 4.74 Å². The molecule has 1 rings (SSSR count). The molecular weight excluding hydrogens is 231 g/mol. The molecule has 5 heteroatoms. The molecule has 0 N–H and O–H groups in total. The number of methoxy groups -OCH3 is 1. The third kappa shape index (κ3) is 4.00. The molecule has 0 aliphatic carbocycles. The van der Waals surface area contributed by atoms with Crippen molar-refractivity contribution in [1.29, 1.82) is 0 Å². The van der Waals surface area contributed by atoms with Crippen molar-refractivity contribution in [3.05, 3.63) is 41.8 Å². The normalized spacial score (nSPS) is 8.82. The van der Waals surface area contributed by atoms with Gasteiger partial charge < -0.3 is 14.3 Å². The molecule has 0 amide bonds. The van der Waals surface area contributed by atoms with E-state index in [0.29, 0.717) is 0 Å². The van der Waals surface area contributed by atoms with Crippen LogP contribution in [0.1, 0.15) is 17.3 Å². The standard InChI is InChI=1S/C12H11O4.Na/c1-8(13)10(12(15)16-2)11(14)9-6-4-3-5-7-9;/h3-7H,1-2H3;/q-1;+1. The summed E-state index contributed by atoms with van der Waals surface area (Å²) in [6, 6.07) is 8.12. The minimum Gasteiger partial charge on any atom is -0.479 e. The number of ketones is 2. The predicted molar refractivity (Wildman–Crippen MR) is 56.7 cm³/mol. The molecule has 0 bridgehead atoms. The topological polar surface area (TPSA) is 60.4 Å². The number of hydrogen-bond donors (Lipinski definition) is 0. The molecule has 0 atom stereocenters. The summed E-state index contributed by atoms with van der Waals surface area (Å²) in [5.74, 6) is -2.56. The van der Waals surface area contributed by atoms with Gasteiger partial charge in [0.2, 0.25) is 0 Å². The first-order valence-electron chi connectivity index (χ1n) is 4.64. The van der Waals surface area contributed by atoms with Gasteiger partial charge in [-0.15, -0.1) is 17.7 Å². The number of Topliss-reactive ketones (excluding diaryl/α,β-unsaturated/α-hetero) is 2. The van der Waals surface area contributed by atoms with Crippen LogP contribution in [0.3, 0.4) is 0 Å². The smallest absolute Gasteiger partial charge is 0.479 e. The Labute approximate surface area is 122 Å². The first-order chi connectivity index (χ1) is 7.57. The molecule has 0 aliphatic rings. The fraction of sp³-hybridized carbons (Fsp3) is 0.167. The van der Waals surface area contributed by atoms with E-state index in [-0.39, 0.29) is 35.1 Å². The maximum atomic E-state index is 11.8. The van der Waals surface area contributed by atoms with Gasteiger partial charge in [0.25, 0.3) is 5.97 Å². The number of rotatable bonds is 4. The van der Waals surface area contributed by atoms with Crippen LogP contribution in [0.15, 0.2) is 30.3 Å². The minimum atomic E-state index is -0.902. The molecule has 17 heavy (non-hydrogen) atoms. The van der Waals surface area contributed by atoms with E-state index < -0.39 is 23.5 Å². The van der Waals surface area contributed by atoms with Crippen molar-refractivity contribution in [2.75, 3.05) is 7.11 Å². The molecule has 0 saturated heterocycles. The second-order valence-electron chi connectivity index (χ2n) is 3.12. The van der Waals surface area contributed by atoms with Crippen LogP contribution in [-0.4, -0.2) is 24.6 Å². The first kappa shape index (κ1) is 15.9. The summed E-state index contributed by atoms with van der Waals surface area (Å²) in [5, 5.41) is 0. The van der Waals surface area contributed by atoms with Gasteiger partial charge in [-0.1, -0.05) is 18.2 Å². The van der Waals surface area contributed by atoms with Crippen LogP contribution >= 0.6 is 0 Å². The molecular formula is C12H11NaO4. The average Bonchev–Trinajstić information content (AvgIpc) is 2.29. The Hall–Kier alpha value is -1.10. The second kappa shape index (κ2) is 7.27. The zero-order valence-electron chi connectivity index (χ0n) is 10.0. The van der Waals surface area contributed by atoms with Crippen molar-refractivity contribution in [2.45, 2.75) is 6.92 Å². The molecule has 0 unspecified atom stereocenters. The van der Waals surface area contributed by atoms with Crippen molar-refractivity contribution in [2.24, 2.45) is 0 Å². The Kier molecular flexibility index (Phi) is 6.80. The summed E-state index contributed by atoms with van der Waals surface area (Å²) in [6.45, 7) is 1.16. The molecule has 0 aromatic heterocycles. The molecule has 0 radical (unpaired) electrons. The molecule has 0 spiro atoms. The molecule has 0 fully saturated rings. The van der Waals surface area contributed by atoms with Crippen LogP contribution < -0.4 is 29.6 Å². The van der Waals surface area contributed by atoms with Gasteiger partial charge in [-0.25, -0.2) is 0 Å². The fourth-order valence-corrected chi connectivity index (χ4v) is 1.23. The Bertz CT molecular complexity index is 414. The van der Waals surface area contributed by atoms with E-state index in [1.165, 1.54) is 12.1 Å². The predicted octanol–water partition coefficient (Wildman–Crippen LogP) is -1.79. The Morgan fingerprint density at radius 2 is 1.65 bits per heavy atom. The fourth-order valence-electron chi connectivity index (χ4n) is 1.23. The van der Waals surface area contributed by atoms with E-state index in [9.17, 15) is 14.4 Å². The van der Waals surface area contributed by atoms with Gasteiger partial charge in [0.1, 0.15) is 0 Å². The molecule has 0 heterocycles. The molecule has 1 aromatic rings. The van der Waals surface area contributed by atoms with Gasteiger partial charge in [0.05, 0.1) is 12.9 Å². The number of carbonyl (C=O) groups is 3. The van der Waals surface area contributed by atoms with E-state index in [4.69, 9.17) is 0 Å². The second-order valence-corrected chi connectivity index (χ2v) is 3.12. The maximum Gasteiger partial charge on any atom is 1.00 e. The van der Waals surface area contributed by atoms with Crippen molar-refractivity contribution in [1.82, 2.24) is 0 Å². The van der Waals surface area contributed by atoms with Crippen molar-refractivity contribution >= 4 is 17.5 Å². The van der Waals surface area contributed by atoms with Crippen LogP contribution in [0.4, 0.5) is 0 Å². The minimum absolute atomic E-state index is 0. The molecule has 0 aliphatic heterocycles. The summed E-state index contributed by atoms with van der Waals surface area (Å²) in [4.78, 5) is 34.3. The van der Waals surface area contributed by atoms with Crippen molar-refractivity contribution in [3.63, 3.8) is 0 Å². The average molecular weight is 242 g/mol. The SMILES string of the molecule is COC(=O)[C-](C(C)=O)C(=O)c1ccccc1.[Na+]. The number of benzene rings is 1. The van der Waals surface area contributed by atoms with Gasteiger partial charge >= 0.3 is 29.6 Å². The van der Waals surface area contributed by atoms with Gasteiger partial charge in [-0.05, 0) is 12.8 Å². The van der Waals surface area contributed by atoms with Crippen LogP contribution in [0.5, 0.6) is 0 Å². The summed E-state index contributed by atoms with van der Waals surface area (Å²) >= 11 is 0. The van der Waals surface area contributed by atoms with E-state index in [1.54, 1.807) is 18.2 Å². The van der Waals surface area contributed by atoms with E-state index in [0.717, 1.165) is 14.0 Å². The molecule has 1 aromatic carbocycles. The maximum absolute atomic E-state index is 11.8.